The largest absolute Gasteiger partial charge is 0.481 e. The summed E-state index contributed by atoms with van der Waals surface area (Å²) in [5.41, 5.74) is 0. The molecule has 0 aromatic carbocycles. The number of fused-ring (bicyclic) bond motifs is 1. The molecule has 0 aromatic heterocycles. The van der Waals surface area contributed by atoms with E-state index in [4.69, 9.17) is 9.84 Å². The van der Waals surface area contributed by atoms with Crippen molar-refractivity contribution < 1.29 is 19.4 Å². The van der Waals surface area contributed by atoms with Crippen LogP contribution in [0.4, 0.5) is 0 Å². The molecule has 2 rings (SSSR count). The summed E-state index contributed by atoms with van der Waals surface area (Å²) in [6.45, 7) is 3.69. The highest BCUT2D eigenvalue weighted by molar-refractivity contribution is 5.73. The Balaban J connectivity index is 2.11. The van der Waals surface area contributed by atoms with E-state index < -0.39 is 5.97 Å². The van der Waals surface area contributed by atoms with Gasteiger partial charge in [-0.2, -0.15) is 0 Å². The van der Waals surface area contributed by atoms with Gasteiger partial charge in [0, 0.05) is 11.8 Å². The maximum atomic E-state index is 11.4. The first-order chi connectivity index (χ1) is 8.61. The first kappa shape index (κ1) is 12.9. The molecule has 0 bridgehead atoms. The molecule has 0 unspecified atom stereocenters. The average Bonchev–Trinajstić information content (AvgIpc) is 2.69. The third-order valence-corrected chi connectivity index (χ3v) is 3.78. The van der Waals surface area contributed by atoms with E-state index in [1.165, 1.54) is 0 Å². The highest BCUT2D eigenvalue weighted by atomic mass is 16.6. The number of carbonyl (C=O) groups is 2. The molecule has 4 atom stereocenters. The third kappa shape index (κ3) is 2.63. The molecule has 1 fully saturated rings. The number of rotatable bonds is 5. The van der Waals surface area contributed by atoms with Gasteiger partial charge in [0.25, 0.3) is 0 Å². The smallest absolute Gasteiger partial charge is 0.306 e. The molecule has 1 heterocycles. The summed E-state index contributed by atoms with van der Waals surface area (Å²) in [5.74, 6) is -0.892. The van der Waals surface area contributed by atoms with Crippen LogP contribution < -0.4 is 0 Å². The van der Waals surface area contributed by atoms with Gasteiger partial charge in [0.15, 0.2) is 0 Å². The molecule has 0 amide bonds. The van der Waals surface area contributed by atoms with E-state index in [2.05, 4.69) is 6.58 Å². The molecule has 0 spiro atoms. The van der Waals surface area contributed by atoms with Crippen molar-refractivity contribution in [2.24, 2.45) is 17.8 Å². The third-order valence-electron chi connectivity index (χ3n) is 3.78. The molecule has 18 heavy (non-hydrogen) atoms. The van der Waals surface area contributed by atoms with Crippen molar-refractivity contribution in [1.82, 2.24) is 0 Å². The summed E-state index contributed by atoms with van der Waals surface area (Å²) in [7, 11) is 0. The highest BCUT2D eigenvalue weighted by Gasteiger charge is 2.45. The van der Waals surface area contributed by atoms with Gasteiger partial charge in [-0.25, -0.2) is 0 Å². The normalized spacial score (nSPS) is 33.9. The van der Waals surface area contributed by atoms with E-state index in [0.717, 1.165) is 12.8 Å². The lowest BCUT2D eigenvalue weighted by Crippen LogP contribution is -2.34. The number of carbonyl (C=O) groups excluding carboxylic acids is 1. The summed E-state index contributed by atoms with van der Waals surface area (Å²) in [4.78, 5) is 22.3. The fourth-order valence-electron chi connectivity index (χ4n) is 2.93. The second-order valence-corrected chi connectivity index (χ2v) is 5.00. The molecule has 4 nitrogen and oxygen atoms in total. The molecular weight excluding hydrogens is 232 g/mol. The van der Waals surface area contributed by atoms with E-state index >= 15 is 0 Å². The molecule has 1 N–H and O–H groups in total. The number of carboxylic acid groups (broad SMARTS) is 1. The summed E-state index contributed by atoms with van der Waals surface area (Å²) < 4.78 is 5.37. The predicted molar refractivity (Wildman–Crippen MR) is 65.8 cm³/mol. The van der Waals surface area contributed by atoms with E-state index in [1.54, 1.807) is 0 Å². The van der Waals surface area contributed by atoms with Gasteiger partial charge in [0.05, 0.1) is 12.8 Å². The lowest BCUT2D eigenvalue weighted by atomic mass is 9.74. The molecular formula is C14H18O4. The van der Waals surface area contributed by atoms with Crippen molar-refractivity contribution in [2.75, 3.05) is 0 Å². The summed E-state index contributed by atoms with van der Waals surface area (Å²) in [6, 6.07) is 0. The molecule has 2 aliphatic rings. The second-order valence-electron chi connectivity index (χ2n) is 5.00. The first-order valence-electron chi connectivity index (χ1n) is 6.32. The van der Waals surface area contributed by atoms with Crippen LogP contribution in [0, 0.1) is 17.8 Å². The van der Waals surface area contributed by atoms with E-state index in [0.29, 0.717) is 6.42 Å². The molecule has 1 aliphatic carbocycles. The van der Waals surface area contributed by atoms with Crippen LogP contribution in [0.2, 0.25) is 0 Å². The average molecular weight is 250 g/mol. The van der Waals surface area contributed by atoms with Gasteiger partial charge in [-0.05, 0) is 18.8 Å². The van der Waals surface area contributed by atoms with Crippen LogP contribution in [0.15, 0.2) is 24.8 Å². The maximum absolute atomic E-state index is 11.4. The topological polar surface area (TPSA) is 63.6 Å². The standard InChI is InChI=1S/C14H18O4/c1-2-3-4-9-5-6-10(7-12(15)16)11-8-13(17)18-14(9)11/h2,5-6,9-11,14H,1,3-4,7-8H2,(H,15,16)/t9-,10+,11-,14+/m1/s1. The molecule has 0 radical (unpaired) electrons. The van der Waals surface area contributed by atoms with Gasteiger partial charge in [-0.1, -0.05) is 18.2 Å². The maximum Gasteiger partial charge on any atom is 0.306 e. The molecule has 0 saturated carbocycles. The Bertz CT molecular complexity index is 385. The van der Waals surface area contributed by atoms with Gasteiger partial charge < -0.3 is 9.84 Å². The Morgan fingerprint density at radius 1 is 1.50 bits per heavy atom. The molecule has 4 heteroatoms. The van der Waals surface area contributed by atoms with E-state index in [-0.39, 0.29) is 36.2 Å². The number of allylic oxidation sites excluding steroid dienone is 2. The Labute approximate surface area is 106 Å². The zero-order valence-corrected chi connectivity index (χ0v) is 10.2. The van der Waals surface area contributed by atoms with Crippen molar-refractivity contribution in [3.05, 3.63) is 24.8 Å². The molecule has 1 saturated heterocycles. The second kappa shape index (κ2) is 5.38. The number of esters is 1. The highest BCUT2D eigenvalue weighted by Crippen LogP contribution is 2.41. The van der Waals surface area contributed by atoms with Crippen molar-refractivity contribution in [3.8, 4) is 0 Å². The van der Waals surface area contributed by atoms with Crippen LogP contribution in [-0.2, 0) is 14.3 Å². The number of carboxylic acids is 1. The minimum absolute atomic E-state index is 0.0217. The minimum Gasteiger partial charge on any atom is -0.481 e. The van der Waals surface area contributed by atoms with Crippen LogP contribution in [0.3, 0.4) is 0 Å². The summed E-state index contributed by atoms with van der Waals surface area (Å²) in [6.07, 6.45) is 7.85. The Hall–Kier alpha value is -1.58. The Morgan fingerprint density at radius 3 is 2.89 bits per heavy atom. The number of aliphatic carboxylic acids is 1. The van der Waals surface area contributed by atoms with Crippen LogP contribution in [0.25, 0.3) is 0 Å². The quantitative estimate of drug-likeness (QED) is 0.600. The number of hydrogen-bond donors (Lipinski definition) is 1. The monoisotopic (exact) mass is 250 g/mol. The Morgan fingerprint density at radius 2 is 2.22 bits per heavy atom. The fourth-order valence-corrected chi connectivity index (χ4v) is 2.93. The molecule has 0 aromatic rings. The zero-order valence-electron chi connectivity index (χ0n) is 10.2. The van der Waals surface area contributed by atoms with Crippen molar-refractivity contribution in [3.63, 3.8) is 0 Å². The lowest BCUT2D eigenvalue weighted by Gasteiger charge is -2.32. The fraction of sp³-hybridized carbons (Fsp3) is 0.571. The van der Waals surface area contributed by atoms with E-state index in [1.807, 2.05) is 18.2 Å². The van der Waals surface area contributed by atoms with Gasteiger partial charge in [-0.3, -0.25) is 9.59 Å². The minimum atomic E-state index is -0.827. The lowest BCUT2D eigenvalue weighted by molar-refractivity contribution is -0.143. The Kier molecular flexibility index (Phi) is 3.84. The van der Waals surface area contributed by atoms with Gasteiger partial charge in [-0.15, -0.1) is 6.58 Å². The van der Waals surface area contributed by atoms with Crippen molar-refractivity contribution in [1.29, 1.82) is 0 Å². The summed E-state index contributed by atoms with van der Waals surface area (Å²) >= 11 is 0. The zero-order chi connectivity index (χ0) is 13.1. The van der Waals surface area contributed by atoms with Crippen molar-refractivity contribution in [2.45, 2.75) is 31.8 Å². The van der Waals surface area contributed by atoms with Gasteiger partial charge >= 0.3 is 11.9 Å². The van der Waals surface area contributed by atoms with Gasteiger partial charge in [0.2, 0.25) is 0 Å². The van der Waals surface area contributed by atoms with Crippen LogP contribution in [0.5, 0.6) is 0 Å². The summed E-state index contributed by atoms with van der Waals surface area (Å²) in [5, 5.41) is 8.89. The van der Waals surface area contributed by atoms with Gasteiger partial charge in [0.1, 0.15) is 6.10 Å². The molecule has 98 valence electrons. The van der Waals surface area contributed by atoms with Crippen LogP contribution in [0.1, 0.15) is 25.7 Å². The van der Waals surface area contributed by atoms with Crippen LogP contribution >= 0.6 is 0 Å². The van der Waals surface area contributed by atoms with Crippen molar-refractivity contribution >= 4 is 11.9 Å². The first-order valence-corrected chi connectivity index (χ1v) is 6.32. The SMILES string of the molecule is C=CCC[C@@H]1C=C[C@@H](CC(=O)O)[C@H]2CC(=O)O[C@H]21. The van der Waals surface area contributed by atoms with E-state index in [9.17, 15) is 9.59 Å². The number of hydrogen-bond acceptors (Lipinski definition) is 3. The molecule has 1 aliphatic heterocycles. The number of ether oxygens (including phenoxy) is 1. The van der Waals surface area contributed by atoms with Crippen LogP contribution in [-0.4, -0.2) is 23.1 Å². The predicted octanol–water partition coefficient (Wildman–Crippen LogP) is 2.16.